The van der Waals surface area contributed by atoms with Gasteiger partial charge in [-0.25, -0.2) is 9.59 Å². The van der Waals surface area contributed by atoms with E-state index in [0.29, 0.717) is 17.4 Å². The van der Waals surface area contributed by atoms with Crippen LogP contribution >= 0.6 is 0 Å². The summed E-state index contributed by atoms with van der Waals surface area (Å²) in [7, 11) is 1.77. The first-order valence-electron chi connectivity index (χ1n) is 6.73. The standard InChI is InChI=1S/C14H20N2O4/c1-8(10-4-5-10)16(3)14(19)15-7-11-6-12(13(17)18)9(2)20-11/h6,8,10H,4-5,7H2,1-3H3,(H,15,19)(H,17,18). The molecule has 20 heavy (non-hydrogen) atoms. The van der Waals surface area contributed by atoms with Crippen molar-refractivity contribution in [1.82, 2.24) is 10.2 Å². The van der Waals surface area contributed by atoms with Crippen LogP contribution in [0.25, 0.3) is 0 Å². The number of hydrogen-bond donors (Lipinski definition) is 2. The number of carbonyl (C=O) groups excluding carboxylic acids is 1. The van der Waals surface area contributed by atoms with E-state index < -0.39 is 5.97 Å². The molecule has 1 saturated carbocycles. The van der Waals surface area contributed by atoms with Gasteiger partial charge >= 0.3 is 12.0 Å². The fraction of sp³-hybridized carbons (Fsp3) is 0.571. The third-order valence-electron chi connectivity index (χ3n) is 3.85. The molecule has 1 atom stereocenters. The normalized spacial score (nSPS) is 15.8. The Bertz CT molecular complexity index is 519. The van der Waals surface area contributed by atoms with E-state index >= 15 is 0 Å². The molecule has 110 valence electrons. The van der Waals surface area contributed by atoms with Gasteiger partial charge in [0.05, 0.1) is 6.54 Å². The Morgan fingerprint density at radius 3 is 2.70 bits per heavy atom. The zero-order chi connectivity index (χ0) is 14.9. The Morgan fingerprint density at radius 2 is 2.20 bits per heavy atom. The first-order valence-corrected chi connectivity index (χ1v) is 6.73. The summed E-state index contributed by atoms with van der Waals surface area (Å²) in [5, 5.41) is 11.7. The monoisotopic (exact) mass is 280 g/mol. The average molecular weight is 280 g/mol. The molecule has 2 N–H and O–H groups in total. The van der Waals surface area contributed by atoms with E-state index in [9.17, 15) is 9.59 Å². The summed E-state index contributed by atoms with van der Waals surface area (Å²) in [5.41, 5.74) is 0.133. The van der Waals surface area contributed by atoms with Crippen molar-refractivity contribution in [3.05, 3.63) is 23.2 Å². The fourth-order valence-corrected chi connectivity index (χ4v) is 2.21. The number of nitrogens with zero attached hydrogens (tertiary/aromatic N) is 1. The summed E-state index contributed by atoms with van der Waals surface area (Å²) in [4.78, 5) is 24.6. The molecule has 0 spiro atoms. The first-order chi connectivity index (χ1) is 9.40. The lowest BCUT2D eigenvalue weighted by Gasteiger charge is -2.24. The minimum atomic E-state index is -1.02. The highest BCUT2D eigenvalue weighted by Gasteiger charge is 2.32. The third kappa shape index (κ3) is 3.12. The van der Waals surface area contributed by atoms with Gasteiger partial charge in [-0.05, 0) is 38.7 Å². The number of nitrogens with one attached hydrogen (secondary N) is 1. The lowest BCUT2D eigenvalue weighted by Crippen LogP contribution is -2.42. The van der Waals surface area contributed by atoms with Crippen molar-refractivity contribution in [1.29, 1.82) is 0 Å². The number of furan rings is 1. The van der Waals surface area contributed by atoms with Gasteiger partial charge < -0.3 is 19.7 Å². The minimum absolute atomic E-state index is 0.133. The van der Waals surface area contributed by atoms with Crippen molar-refractivity contribution >= 4 is 12.0 Å². The summed E-state index contributed by atoms with van der Waals surface area (Å²) in [6.07, 6.45) is 2.36. The van der Waals surface area contributed by atoms with Crippen molar-refractivity contribution in [2.75, 3.05) is 7.05 Å². The highest BCUT2D eigenvalue weighted by Crippen LogP contribution is 2.34. The quantitative estimate of drug-likeness (QED) is 0.866. The molecule has 2 amide bonds. The van der Waals surface area contributed by atoms with Crippen molar-refractivity contribution in [2.24, 2.45) is 5.92 Å². The molecule has 1 aromatic rings. The molecule has 1 fully saturated rings. The molecule has 0 saturated heterocycles. The Balaban J connectivity index is 1.89. The van der Waals surface area contributed by atoms with Crippen LogP contribution in [-0.2, 0) is 6.54 Å². The van der Waals surface area contributed by atoms with Gasteiger partial charge in [0.15, 0.2) is 0 Å². The lowest BCUT2D eigenvalue weighted by molar-refractivity contribution is 0.0695. The number of aromatic carboxylic acids is 1. The number of hydrogen-bond acceptors (Lipinski definition) is 3. The molecule has 1 aliphatic carbocycles. The van der Waals surface area contributed by atoms with Crippen LogP contribution in [0.3, 0.4) is 0 Å². The summed E-state index contributed by atoms with van der Waals surface area (Å²) in [6.45, 7) is 3.82. The number of aryl methyl sites for hydroxylation is 1. The van der Waals surface area contributed by atoms with Crippen LogP contribution in [0, 0.1) is 12.8 Å². The fourth-order valence-electron chi connectivity index (χ4n) is 2.21. The smallest absolute Gasteiger partial charge is 0.339 e. The predicted molar refractivity (Wildman–Crippen MR) is 72.6 cm³/mol. The molecular formula is C14H20N2O4. The number of rotatable bonds is 5. The van der Waals surface area contributed by atoms with Crippen LogP contribution in [-0.4, -0.2) is 35.1 Å². The highest BCUT2D eigenvalue weighted by atomic mass is 16.4. The van der Waals surface area contributed by atoms with E-state index in [1.165, 1.54) is 18.9 Å². The Labute approximate surface area is 117 Å². The molecule has 1 aliphatic rings. The predicted octanol–water partition coefficient (Wildman–Crippen LogP) is 2.23. The molecule has 1 unspecified atom stereocenters. The maximum atomic E-state index is 12.0. The number of carbonyl (C=O) groups is 2. The Hall–Kier alpha value is -1.98. The SMILES string of the molecule is Cc1oc(CNC(=O)N(C)C(C)C2CC2)cc1C(=O)O. The van der Waals surface area contributed by atoms with Crippen molar-refractivity contribution in [3.63, 3.8) is 0 Å². The highest BCUT2D eigenvalue weighted by molar-refractivity contribution is 5.88. The van der Waals surface area contributed by atoms with Gasteiger partial charge in [-0.3, -0.25) is 0 Å². The van der Waals surface area contributed by atoms with E-state index in [1.807, 2.05) is 6.92 Å². The zero-order valence-electron chi connectivity index (χ0n) is 12.0. The molecule has 6 nitrogen and oxygen atoms in total. The van der Waals surface area contributed by atoms with Gasteiger partial charge in [-0.1, -0.05) is 0 Å². The van der Waals surface area contributed by atoms with Gasteiger partial charge in [0, 0.05) is 13.1 Å². The summed E-state index contributed by atoms with van der Waals surface area (Å²) in [6, 6.07) is 1.50. The topological polar surface area (TPSA) is 82.8 Å². The van der Waals surface area contributed by atoms with Gasteiger partial charge in [0.25, 0.3) is 0 Å². The molecular weight excluding hydrogens is 260 g/mol. The van der Waals surface area contributed by atoms with Gasteiger partial charge in [-0.15, -0.1) is 0 Å². The largest absolute Gasteiger partial charge is 0.478 e. The van der Waals surface area contributed by atoms with Crippen molar-refractivity contribution in [3.8, 4) is 0 Å². The van der Waals surface area contributed by atoms with E-state index in [1.54, 1.807) is 18.9 Å². The lowest BCUT2D eigenvalue weighted by atomic mass is 10.2. The molecule has 0 radical (unpaired) electrons. The summed E-state index contributed by atoms with van der Waals surface area (Å²) < 4.78 is 5.31. The second-order valence-corrected chi connectivity index (χ2v) is 5.34. The number of amides is 2. The molecule has 2 rings (SSSR count). The first kappa shape index (κ1) is 14.4. The molecule has 0 aliphatic heterocycles. The van der Waals surface area contributed by atoms with E-state index in [4.69, 9.17) is 9.52 Å². The minimum Gasteiger partial charge on any atom is -0.478 e. The molecule has 1 heterocycles. The second-order valence-electron chi connectivity index (χ2n) is 5.34. The van der Waals surface area contributed by atoms with Crippen LogP contribution in [0.5, 0.6) is 0 Å². The Morgan fingerprint density at radius 1 is 1.55 bits per heavy atom. The van der Waals surface area contributed by atoms with Gasteiger partial charge in [0.1, 0.15) is 17.1 Å². The average Bonchev–Trinajstić information content (AvgIpc) is 3.17. The number of carboxylic acid groups (broad SMARTS) is 1. The Kier molecular flexibility index (Phi) is 4.01. The van der Waals surface area contributed by atoms with Crippen molar-refractivity contribution < 1.29 is 19.1 Å². The molecule has 0 bridgehead atoms. The van der Waals surface area contributed by atoms with E-state index in [-0.39, 0.29) is 24.2 Å². The van der Waals surface area contributed by atoms with Crippen LogP contribution in [0.2, 0.25) is 0 Å². The zero-order valence-corrected chi connectivity index (χ0v) is 12.0. The maximum Gasteiger partial charge on any atom is 0.339 e. The molecule has 0 aromatic carbocycles. The maximum absolute atomic E-state index is 12.0. The van der Waals surface area contributed by atoms with E-state index in [2.05, 4.69) is 5.32 Å². The number of urea groups is 1. The second kappa shape index (κ2) is 5.56. The summed E-state index contributed by atoms with van der Waals surface area (Å²) in [5.74, 6) is 0.376. The van der Waals surface area contributed by atoms with E-state index in [0.717, 1.165) is 0 Å². The van der Waals surface area contributed by atoms with Gasteiger partial charge in [0.2, 0.25) is 0 Å². The van der Waals surface area contributed by atoms with Gasteiger partial charge in [-0.2, -0.15) is 0 Å². The third-order valence-corrected chi connectivity index (χ3v) is 3.85. The summed E-state index contributed by atoms with van der Waals surface area (Å²) >= 11 is 0. The van der Waals surface area contributed by atoms with Crippen LogP contribution in [0.4, 0.5) is 4.79 Å². The molecule has 6 heteroatoms. The number of carboxylic acids is 1. The van der Waals surface area contributed by atoms with Crippen LogP contribution in [0.15, 0.2) is 10.5 Å². The van der Waals surface area contributed by atoms with Crippen molar-refractivity contribution in [2.45, 2.75) is 39.3 Å². The molecule has 1 aromatic heterocycles. The van der Waals surface area contributed by atoms with Crippen LogP contribution in [0.1, 0.15) is 41.6 Å². The van der Waals surface area contributed by atoms with Crippen LogP contribution < -0.4 is 5.32 Å².